The van der Waals surface area contributed by atoms with Crippen molar-refractivity contribution in [1.82, 2.24) is 4.90 Å². The summed E-state index contributed by atoms with van der Waals surface area (Å²) in [6.45, 7) is 5.01. The fourth-order valence-electron chi connectivity index (χ4n) is 1.90. The fourth-order valence-corrected chi connectivity index (χ4v) is 1.90. The van der Waals surface area contributed by atoms with Gasteiger partial charge in [-0.2, -0.15) is 5.26 Å². The minimum Gasteiger partial charge on any atom is -0.478 e. The zero-order chi connectivity index (χ0) is 15.8. The minimum absolute atomic E-state index is 0.212. The molecule has 5 heteroatoms. The summed E-state index contributed by atoms with van der Waals surface area (Å²) in [5.74, 6) is -1.44. The van der Waals surface area contributed by atoms with Crippen molar-refractivity contribution >= 4 is 12.0 Å². The third-order valence-corrected chi connectivity index (χ3v) is 3.11. The highest BCUT2D eigenvalue weighted by atomic mass is 19.1. The van der Waals surface area contributed by atoms with E-state index in [1.54, 1.807) is 12.1 Å². The highest BCUT2D eigenvalue weighted by Gasteiger charge is 2.12. The summed E-state index contributed by atoms with van der Waals surface area (Å²) >= 11 is 0. The van der Waals surface area contributed by atoms with Gasteiger partial charge in [0.15, 0.2) is 0 Å². The summed E-state index contributed by atoms with van der Waals surface area (Å²) in [6, 6.07) is 6.95. The number of hydrogen-bond acceptors (Lipinski definition) is 3. The number of rotatable bonds is 7. The van der Waals surface area contributed by atoms with E-state index in [1.807, 2.05) is 18.7 Å². The van der Waals surface area contributed by atoms with Crippen LogP contribution >= 0.6 is 0 Å². The number of benzene rings is 1. The van der Waals surface area contributed by atoms with Gasteiger partial charge in [0.2, 0.25) is 0 Å². The third-order valence-electron chi connectivity index (χ3n) is 3.11. The van der Waals surface area contributed by atoms with Gasteiger partial charge in [-0.25, -0.2) is 9.18 Å². The molecule has 1 rings (SSSR count). The zero-order valence-corrected chi connectivity index (χ0v) is 12.2. The van der Waals surface area contributed by atoms with E-state index < -0.39 is 5.97 Å². The van der Waals surface area contributed by atoms with E-state index in [-0.39, 0.29) is 11.9 Å². The lowest BCUT2D eigenvalue weighted by atomic mass is 10.1. The van der Waals surface area contributed by atoms with Crippen LogP contribution < -0.4 is 0 Å². The molecular weight excluding hydrogens is 271 g/mol. The number of carboxylic acids is 1. The van der Waals surface area contributed by atoms with Crippen LogP contribution in [0.5, 0.6) is 0 Å². The molecule has 0 saturated carbocycles. The van der Waals surface area contributed by atoms with Crippen molar-refractivity contribution in [3.63, 3.8) is 0 Å². The monoisotopic (exact) mass is 290 g/mol. The number of nitrogens with zero attached hydrogens (tertiary/aromatic N) is 2. The van der Waals surface area contributed by atoms with Gasteiger partial charge in [-0.05, 0) is 31.6 Å². The molecule has 0 spiro atoms. The van der Waals surface area contributed by atoms with Gasteiger partial charge in [0.25, 0.3) is 0 Å². The Morgan fingerprint density at radius 3 is 2.76 bits per heavy atom. The first-order valence-corrected chi connectivity index (χ1v) is 6.74. The average molecular weight is 290 g/mol. The number of aliphatic carboxylic acids is 1. The largest absolute Gasteiger partial charge is 0.478 e. The quantitative estimate of drug-likeness (QED) is 0.784. The van der Waals surface area contributed by atoms with E-state index >= 15 is 0 Å². The van der Waals surface area contributed by atoms with Gasteiger partial charge in [-0.1, -0.05) is 12.1 Å². The van der Waals surface area contributed by atoms with Crippen LogP contribution in [0, 0.1) is 17.1 Å². The van der Waals surface area contributed by atoms with Crippen LogP contribution in [0.1, 0.15) is 31.4 Å². The maximum atomic E-state index is 14.0. The smallest absolute Gasteiger partial charge is 0.328 e. The number of carboxylic acid groups (broad SMARTS) is 1. The normalized spacial score (nSPS) is 11.2. The van der Waals surface area contributed by atoms with Crippen molar-refractivity contribution in [2.24, 2.45) is 0 Å². The molecule has 0 aromatic heterocycles. The molecule has 0 aliphatic carbocycles. The van der Waals surface area contributed by atoms with Crippen LogP contribution in [0.4, 0.5) is 4.39 Å². The highest BCUT2D eigenvalue weighted by molar-refractivity contribution is 5.85. The molecule has 112 valence electrons. The van der Waals surface area contributed by atoms with Gasteiger partial charge in [-0.15, -0.1) is 0 Å². The predicted molar refractivity (Wildman–Crippen MR) is 78.8 cm³/mol. The van der Waals surface area contributed by atoms with Crippen molar-refractivity contribution in [1.29, 1.82) is 5.26 Å². The van der Waals surface area contributed by atoms with Crippen LogP contribution in [0.3, 0.4) is 0 Å². The van der Waals surface area contributed by atoms with Gasteiger partial charge in [0.1, 0.15) is 5.82 Å². The van der Waals surface area contributed by atoms with Gasteiger partial charge >= 0.3 is 5.97 Å². The molecule has 0 atom stereocenters. The molecule has 0 radical (unpaired) electrons. The number of nitriles is 1. The number of carbonyl (C=O) groups is 1. The second-order valence-electron chi connectivity index (χ2n) is 4.99. The Balaban J connectivity index is 2.84. The van der Waals surface area contributed by atoms with Crippen LogP contribution in [0.15, 0.2) is 24.3 Å². The molecule has 0 heterocycles. The topological polar surface area (TPSA) is 64.3 Å². The summed E-state index contributed by atoms with van der Waals surface area (Å²) < 4.78 is 14.0. The van der Waals surface area contributed by atoms with E-state index in [2.05, 4.69) is 6.07 Å². The molecular formula is C16H19FN2O2. The first kappa shape index (κ1) is 16.9. The molecule has 4 nitrogen and oxygen atoms in total. The molecule has 0 bridgehead atoms. The van der Waals surface area contributed by atoms with Crippen LogP contribution in [0.25, 0.3) is 6.08 Å². The molecule has 1 aromatic carbocycles. The summed E-state index contributed by atoms with van der Waals surface area (Å²) in [4.78, 5) is 12.5. The number of halogens is 1. The van der Waals surface area contributed by atoms with Crippen LogP contribution in [-0.2, 0) is 11.3 Å². The van der Waals surface area contributed by atoms with E-state index in [4.69, 9.17) is 10.4 Å². The van der Waals surface area contributed by atoms with Crippen molar-refractivity contribution < 1.29 is 14.3 Å². The highest BCUT2D eigenvalue weighted by Crippen LogP contribution is 2.15. The third kappa shape index (κ3) is 5.76. The second-order valence-corrected chi connectivity index (χ2v) is 4.99. The molecule has 21 heavy (non-hydrogen) atoms. The Labute approximate surface area is 124 Å². The Kier molecular flexibility index (Phi) is 6.57. The van der Waals surface area contributed by atoms with E-state index in [9.17, 15) is 9.18 Å². The lowest BCUT2D eigenvalue weighted by molar-refractivity contribution is -0.131. The van der Waals surface area contributed by atoms with E-state index in [0.29, 0.717) is 30.6 Å². The molecule has 0 aliphatic rings. The fraction of sp³-hybridized carbons (Fsp3) is 0.375. The van der Waals surface area contributed by atoms with Crippen molar-refractivity contribution in [2.75, 3.05) is 6.54 Å². The molecule has 1 aromatic rings. The Hall–Kier alpha value is -2.19. The lowest BCUT2D eigenvalue weighted by Gasteiger charge is -2.25. The molecule has 0 amide bonds. The molecule has 0 aliphatic heterocycles. The molecule has 0 unspecified atom stereocenters. The van der Waals surface area contributed by atoms with Crippen molar-refractivity contribution in [2.45, 2.75) is 32.9 Å². The van der Waals surface area contributed by atoms with Crippen LogP contribution in [0.2, 0.25) is 0 Å². The lowest BCUT2D eigenvalue weighted by Crippen LogP contribution is -2.31. The first-order chi connectivity index (χ1) is 9.93. The van der Waals surface area contributed by atoms with E-state index in [1.165, 1.54) is 12.1 Å². The number of hydrogen-bond donors (Lipinski definition) is 1. The maximum Gasteiger partial charge on any atom is 0.328 e. The summed E-state index contributed by atoms with van der Waals surface area (Å²) in [5, 5.41) is 17.2. The van der Waals surface area contributed by atoms with Gasteiger partial charge < -0.3 is 5.11 Å². The standard InChI is InChI=1S/C16H19FN2O2/c1-12(2)19(9-3-8-18)11-14-6-4-13(10-15(14)17)5-7-16(20)21/h4-7,10,12H,3,9,11H2,1-2H3,(H,20,21). The second kappa shape index (κ2) is 8.18. The van der Waals surface area contributed by atoms with Crippen LogP contribution in [-0.4, -0.2) is 28.6 Å². The van der Waals surface area contributed by atoms with Gasteiger partial charge in [-0.3, -0.25) is 4.90 Å². The van der Waals surface area contributed by atoms with Crippen molar-refractivity contribution in [3.05, 3.63) is 41.2 Å². The predicted octanol–water partition coefficient (Wildman–Crippen LogP) is 3.05. The Morgan fingerprint density at radius 2 is 2.24 bits per heavy atom. The van der Waals surface area contributed by atoms with Crippen molar-refractivity contribution in [3.8, 4) is 6.07 Å². The molecule has 1 N–H and O–H groups in total. The van der Waals surface area contributed by atoms with Gasteiger partial charge in [0, 0.05) is 37.2 Å². The Bertz CT molecular complexity index is 562. The summed E-state index contributed by atoms with van der Waals surface area (Å²) in [6.07, 6.45) is 2.73. The first-order valence-electron chi connectivity index (χ1n) is 6.74. The summed E-state index contributed by atoms with van der Waals surface area (Å²) in [7, 11) is 0. The summed E-state index contributed by atoms with van der Waals surface area (Å²) in [5.41, 5.74) is 1.04. The minimum atomic E-state index is -1.07. The average Bonchev–Trinajstić information content (AvgIpc) is 2.42. The van der Waals surface area contributed by atoms with E-state index in [0.717, 1.165) is 6.08 Å². The Morgan fingerprint density at radius 1 is 1.52 bits per heavy atom. The zero-order valence-electron chi connectivity index (χ0n) is 12.2. The SMILES string of the molecule is CC(C)N(CCC#N)Cc1ccc(C=CC(=O)O)cc1F. The van der Waals surface area contributed by atoms with Gasteiger partial charge in [0.05, 0.1) is 6.07 Å². The molecule has 0 saturated heterocycles. The molecule has 0 fully saturated rings. The maximum absolute atomic E-state index is 14.0.